The highest BCUT2D eigenvalue weighted by molar-refractivity contribution is 7.22. The summed E-state index contributed by atoms with van der Waals surface area (Å²) in [6.45, 7) is 6.23. The van der Waals surface area contributed by atoms with E-state index in [0.717, 1.165) is 16.4 Å². The van der Waals surface area contributed by atoms with E-state index in [1.807, 2.05) is 0 Å². The number of fused-ring (bicyclic) bond motifs is 1. The predicted octanol–water partition coefficient (Wildman–Crippen LogP) is 5.14. The summed E-state index contributed by atoms with van der Waals surface area (Å²) in [4.78, 5) is 4.78. The molecule has 3 rings (SSSR count). The Kier molecular flexibility index (Phi) is 4.34. The quantitative estimate of drug-likeness (QED) is 0.849. The summed E-state index contributed by atoms with van der Waals surface area (Å²) < 4.78 is 7.03. The van der Waals surface area contributed by atoms with Crippen LogP contribution < -0.4 is 10.1 Å². The number of aromatic nitrogens is 1. The first kappa shape index (κ1) is 14.6. The van der Waals surface area contributed by atoms with Gasteiger partial charge in [-0.2, -0.15) is 0 Å². The number of hydrogen-bond donors (Lipinski definition) is 1. The lowest BCUT2D eigenvalue weighted by molar-refractivity contribution is 0.242. The summed E-state index contributed by atoms with van der Waals surface area (Å²) in [7, 11) is 0. The first-order valence-corrected chi connectivity index (χ1v) is 8.78. The van der Waals surface area contributed by atoms with Crippen LogP contribution in [0.25, 0.3) is 10.2 Å². The van der Waals surface area contributed by atoms with Gasteiger partial charge in [0, 0.05) is 6.04 Å². The van der Waals surface area contributed by atoms with Gasteiger partial charge in [0.15, 0.2) is 5.13 Å². The zero-order valence-electron chi connectivity index (χ0n) is 13.1. The van der Waals surface area contributed by atoms with Crippen LogP contribution in [-0.4, -0.2) is 17.1 Å². The van der Waals surface area contributed by atoms with Crippen LogP contribution in [-0.2, 0) is 0 Å². The fourth-order valence-electron chi connectivity index (χ4n) is 2.99. The fourth-order valence-corrected chi connectivity index (χ4v) is 4.04. The van der Waals surface area contributed by atoms with Gasteiger partial charge in [-0.3, -0.25) is 0 Å². The third-order valence-electron chi connectivity index (χ3n) is 3.96. The predicted molar refractivity (Wildman–Crippen MR) is 90.6 cm³/mol. The molecule has 1 aromatic heterocycles. The Hall–Kier alpha value is -1.29. The molecular formula is C17H24N2OS. The van der Waals surface area contributed by atoms with E-state index >= 15 is 0 Å². The second kappa shape index (κ2) is 6.22. The lowest BCUT2D eigenvalue weighted by Gasteiger charge is -2.22. The molecular weight excluding hydrogens is 280 g/mol. The van der Waals surface area contributed by atoms with Crippen molar-refractivity contribution in [1.82, 2.24) is 4.98 Å². The topological polar surface area (TPSA) is 34.1 Å². The third-order valence-corrected chi connectivity index (χ3v) is 4.90. The maximum absolute atomic E-state index is 5.82. The van der Waals surface area contributed by atoms with Crippen LogP contribution in [0.3, 0.4) is 0 Å². The minimum Gasteiger partial charge on any atom is -0.491 e. The van der Waals surface area contributed by atoms with Crippen molar-refractivity contribution in [2.75, 3.05) is 5.32 Å². The van der Waals surface area contributed by atoms with Gasteiger partial charge in [0.1, 0.15) is 5.75 Å². The normalized spacial score (nSPS) is 16.6. The van der Waals surface area contributed by atoms with Gasteiger partial charge < -0.3 is 10.1 Å². The highest BCUT2D eigenvalue weighted by atomic mass is 32.1. The van der Waals surface area contributed by atoms with Crippen LogP contribution in [0.1, 0.15) is 51.5 Å². The van der Waals surface area contributed by atoms with E-state index in [-0.39, 0.29) is 6.10 Å². The minimum atomic E-state index is 0.203. The van der Waals surface area contributed by atoms with Crippen molar-refractivity contribution in [1.29, 1.82) is 0 Å². The number of thiazole rings is 1. The van der Waals surface area contributed by atoms with Crippen LogP contribution >= 0.6 is 11.3 Å². The van der Waals surface area contributed by atoms with Crippen molar-refractivity contribution >= 4 is 26.7 Å². The molecule has 1 saturated carbocycles. The van der Waals surface area contributed by atoms with E-state index in [4.69, 9.17) is 9.72 Å². The standard InChI is InChI=1S/C17H24N2OS/c1-11(2)20-14-9-12(3)16-15(10-14)21-17(19-16)18-13-7-5-4-6-8-13/h9-11,13H,4-8H2,1-3H3,(H,18,19). The Morgan fingerprint density at radius 1 is 1.24 bits per heavy atom. The second-order valence-electron chi connectivity index (χ2n) is 6.25. The summed E-state index contributed by atoms with van der Waals surface area (Å²) >= 11 is 1.74. The highest BCUT2D eigenvalue weighted by Gasteiger charge is 2.16. The number of nitrogens with one attached hydrogen (secondary N) is 1. The van der Waals surface area contributed by atoms with Crippen molar-refractivity contribution in [3.8, 4) is 5.75 Å². The first-order chi connectivity index (χ1) is 10.1. The molecule has 1 N–H and O–H groups in total. The molecule has 0 atom stereocenters. The Labute approximate surface area is 130 Å². The number of rotatable bonds is 4. The number of nitrogens with zero attached hydrogens (tertiary/aromatic N) is 1. The van der Waals surface area contributed by atoms with Crippen LogP contribution in [0.15, 0.2) is 12.1 Å². The minimum absolute atomic E-state index is 0.203. The zero-order valence-corrected chi connectivity index (χ0v) is 13.9. The molecule has 1 aliphatic rings. The van der Waals surface area contributed by atoms with Gasteiger partial charge in [-0.05, 0) is 51.3 Å². The lowest BCUT2D eigenvalue weighted by atomic mass is 9.96. The average molecular weight is 304 g/mol. The van der Waals surface area contributed by atoms with Crippen molar-refractivity contribution < 1.29 is 4.74 Å². The largest absolute Gasteiger partial charge is 0.491 e. The highest BCUT2D eigenvalue weighted by Crippen LogP contribution is 2.33. The Morgan fingerprint density at radius 3 is 2.71 bits per heavy atom. The van der Waals surface area contributed by atoms with Gasteiger partial charge in [-0.25, -0.2) is 4.98 Å². The molecule has 0 spiro atoms. The van der Waals surface area contributed by atoms with E-state index < -0.39 is 0 Å². The maximum atomic E-state index is 5.82. The van der Waals surface area contributed by atoms with E-state index in [9.17, 15) is 0 Å². The Balaban J connectivity index is 1.83. The Bertz CT molecular complexity index is 615. The molecule has 1 aliphatic carbocycles. The van der Waals surface area contributed by atoms with Crippen molar-refractivity contribution in [3.63, 3.8) is 0 Å². The van der Waals surface area contributed by atoms with E-state index in [2.05, 4.69) is 38.2 Å². The third kappa shape index (κ3) is 3.49. The summed E-state index contributed by atoms with van der Waals surface area (Å²) in [5.74, 6) is 0.947. The molecule has 0 amide bonds. The first-order valence-electron chi connectivity index (χ1n) is 7.96. The molecule has 21 heavy (non-hydrogen) atoms. The molecule has 1 fully saturated rings. The number of hydrogen-bond acceptors (Lipinski definition) is 4. The number of aryl methyl sites for hydroxylation is 1. The zero-order chi connectivity index (χ0) is 14.8. The van der Waals surface area contributed by atoms with Crippen LogP contribution in [0.5, 0.6) is 5.75 Å². The molecule has 0 radical (unpaired) electrons. The van der Waals surface area contributed by atoms with Gasteiger partial charge >= 0.3 is 0 Å². The molecule has 2 aromatic rings. The molecule has 114 valence electrons. The van der Waals surface area contributed by atoms with Gasteiger partial charge in [-0.15, -0.1) is 0 Å². The molecule has 0 bridgehead atoms. The SMILES string of the molecule is Cc1cc(OC(C)C)cc2sc(NC3CCCCC3)nc12. The van der Waals surface area contributed by atoms with E-state index in [0.29, 0.717) is 6.04 Å². The molecule has 4 heteroatoms. The lowest BCUT2D eigenvalue weighted by Crippen LogP contribution is -2.21. The van der Waals surface area contributed by atoms with E-state index in [1.165, 1.54) is 42.4 Å². The summed E-state index contributed by atoms with van der Waals surface area (Å²) in [5, 5.41) is 4.68. The molecule has 3 nitrogen and oxygen atoms in total. The Morgan fingerprint density at radius 2 is 2.00 bits per heavy atom. The maximum Gasteiger partial charge on any atom is 0.184 e. The monoisotopic (exact) mass is 304 g/mol. The van der Waals surface area contributed by atoms with Crippen LogP contribution in [0.4, 0.5) is 5.13 Å². The fraction of sp³-hybridized carbons (Fsp3) is 0.588. The van der Waals surface area contributed by atoms with Gasteiger partial charge in [0.2, 0.25) is 0 Å². The van der Waals surface area contributed by atoms with Crippen LogP contribution in [0, 0.1) is 6.92 Å². The second-order valence-corrected chi connectivity index (χ2v) is 7.28. The summed E-state index contributed by atoms with van der Waals surface area (Å²) in [6, 6.07) is 4.81. The van der Waals surface area contributed by atoms with Crippen molar-refractivity contribution in [3.05, 3.63) is 17.7 Å². The summed E-state index contributed by atoms with van der Waals surface area (Å²) in [5.41, 5.74) is 2.30. The average Bonchev–Trinajstić information content (AvgIpc) is 2.82. The van der Waals surface area contributed by atoms with Gasteiger partial charge in [-0.1, -0.05) is 30.6 Å². The smallest absolute Gasteiger partial charge is 0.184 e. The molecule has 0 unspecified atom stereocenters. The van der Waals surface area contributed by atoms with Crippen molar-refractivity contribution in [2.45, 2.75) is 65.0 Å². The van der Waals surface area contributed by atoms with Crippen molar-refractivity contribution in [2.24, 2.45) is 0 Å². The molecule has 1 heterocycles. The molecule has 0 saturated heterocycles. The van der Waals surface area contributed by atoms with Crippen LogP contribution in [0.2, 0.25) is 0 Å². The summed E-state index contributed by atoms with van der Waals surface area (Å²) in [6.07, 6.45) is 6.82. The van der Waals surface area contributed by atoms with Gasteiger partial charge in [0.25, 0.3) is 0 Å². The van der Waals surface area contributed by atoms with E-state index in [1.54, 1.807) is 11.3 Å². The molecule has 1 aromatic carbocycles. The number of anilines is 1. The number of ether oxygens (including phenoxy) is 1. The van der Waals surface area contributed by atoms with Gasteiger partial charge in [0.05, 0.1) is 16.3 Å². The molecule has 0 aliphatic heterocycles. The number of benzene rings is 1.